The van der Waals surface area contributed by atoms with Crippen LogP contribution in [-0.2, 0) is 4.79 Å². The Morgan fingerprint density at radius 1 is 1.29 bits per heavy atom. The van der Waals surface area contributed by atoms with Crippen LogP contribution in [0.1, 0.15) is 42.6 Å². The lowest BCUT2D eigenvalue weighted by Gasteiger charge is -2.38. The van der Waals surface area contributed by atoms with E-state index in [0.29, 0.717) is 5.69 Å². The number of hydrogen-bond acceptors (Lipinski definition) is 3. The molecule has 3 rings (SSSR count). The smallest absolute Gasteiger partial charge is 0.303 e. The number of pyridine rings is 1. The SMILES string of the molecule is O=C(O)CC1CC2CCC(C1)N2C(=O)c1ccc(Br)cn1. The summed E-state index contributed by atoms with van der Waals surface area (Å²) >= 11 is 3.31. The Kier molecular flexibility index (Phi) is 3.97. The molecule has 2 aliphatic rings. The van der Waals surface area contributed by atoms with Crippen LogP contribution < -0.4 is 0 Å². The van der Waals surface area contributed by atoms with Crippen molar-refractivity contribution >= 4 is 27.8 Å². The Balaban J connectivity index is 1.74. The first-order chi connectivity index (χ1) is 10.0. The molecular formula is C15H17BrN2O3. The number of carbonyl (C=O) groups is 2. The molecule has 112 valence electrons. The Morgan fingerprint density at radius 2 is 1.95 bits per heavy atom. The summed E-state index contributed by atoms with van der Waals surface area (Å²) in [6.45, 7) is 0. The van der Waals surface area contributed by atoms with Crippen LogP contribution in [0, 0.1) is 5.92 Å². The van der Waals surface area contributed by atoms with Gasteiger partial charge in [0.25, 0.3) is 5.91 Å². The van der Waals surface area contributed by atoms with Gasteiger partial charge in [-0.05, 0) is 59.7 Å². The molecule has 2 aliphatic heterocycles. The van der Waals surface area contributed by atoms with Crippen molar-refractivity contribution in [2.24, 2.45) is 5.92 Å². The molecule has 1 N–H and O–H groups in total. The van der Waals surface area contributed by atoms with E-state index in [4.69, 9.17) is 5.11 Å². The maximum Gasteiger partial charge on any atom is 0.303 e. The van der Waals surface area contributed by atoms with Crippen LogP contribution in [-0.4, -0.2) is 39.0 Å². The quantitative estimate of drug-likeness (QED) is 0.907. The van der Waals surface area contributed by atoms with Crippen LogP contribution in [0.3, 0.4) is 0 Å². The highest BCUT2D eigenvalue weighted by atomic mass is 79.9. The highest BCUT2D eigenvalue weighted by Gasteiger charge is 2.43. The van der Waals surface area contributed by atoms with Gasteiger partial charge in [0.1, 0.15) is 5.69 Å². The van der Waals surface area contributed by atoms with Crippen molar-refractivity contribution in [2.45, 2.75) is 44.2 Å². The number of aromatic nitrogens is 1. The molecule has 2 atom stereocenters. The van der Waals surface area contributed by atoms with Gasteiger partial charge in [-0.25, -0.2) is 4.98 Å². The molecule has 1 amide bonds. The zero-order valence-electron chi connectivity index (χ0n) is 11.5. The number of halogens is 1. The molecule has 0 aliphatic carbocycles. The predicted octanol–water partition coefficient (Wildman–Crippen LogP) is 2.70. The van der Waals surface area contributed by atoms with Crippen LogP contribution in [0.15, 0.2) is 22.8 Å². The Labute approximate surface area is 131 Å². The monoisotopic (exact) mass is 352 g/mol. The number of nitrogens with zero attached hydrogens (tertiary/aromatic N) is 2. The van der Waals surface area contributed by atoms with Gasteiger partial charge in [-0.15, -0.1) is 0 Å². The Bertz CT molecular complexity index is 547. The summed E-state index contributed by atoms with van der Waals surface area (Å²) in [6.07, 6.45) is 5.39. The molecule has 1 aromatic heterocycles. The summed E-state index contributed by atoms with van der Waals surface area (Å²) in [7, 11) is 0. The summed E-state index contributed by atoms with van der Waals surface area (Å²) in [4.78, 5) is 29.6. The van der Waals surface area contributed by atoms with Crippen molar-refractivity contribution in [3.8, 4) is 0 Å². The second kappa shape index (κ2) is 5.75. The van der Waals surface area contributed by atoms with Gasteiger partial charge in [-0.2, -0.15) is 0 Å². The average molecular weight is 353 g/mol. The minimum atomic E-state index is -0.742. The van der Waals surface area contributed by atoms with E-state index in [0.717, 1.165) is 30.2 Å². The molecule has 21 heavy (non-hydrogen) atoms. The summed E-state index contributed by atoms with van der Waals surface area (Å²) in [6, 6.07) is 3.89. The predicted molar refractivity (Wildman–Crippen MR) is 79.9 cm³/mol. The van der Waals surface area contributed by atoms with Crippen molar-refractivity contribution in [3.05, 3.63) is 28.5 Å². The molecular weight excluding hydrogens is 336 g/mol. The highest BCUT2D eigenvalue weighted by Crippen LogP contribution is 2.40. The van der Waals surface area contributed by atoms with Crippen molar-refractivity contribution in [2.75, 3.05) is 0 Å². The molecule has 1 aromatic rings. The van der Waals surface area contributed by atoms with Gasteiger partial charge in [0.15, 0.2) is 0 Å². The summed E-state index contributed by atoms with van der Waals surface area (Å²) in [5.74, 6) is -0.570. The topological polar surface area (TPSA) is 70.5 Å². The van der Waals surface area contributed by atoms with Gasteiger partial charge in [-0.1, -0.05) is 0 Å². The first-order valence-corrected chi connectivity index (χ1v) is 8.00. The third-order valence-corrected chi connectivity index (χ3v) is 4.94. The van der Waals surface area contributed by atoms with Crippen molar-refractivity contribution in [3.63, 3.8) is 0 Å². The molecule has 5 nitrogen and oxygen atoms in total. The summed E-state index contributed by atoms with van der Waals surface area (Å²) in [5, 5.41) is 8.94. The summed E-state index contributed by atoms with van der Waals surface area (Å²) in [5.41, 5.74) is 0.465. The summed E-state index contributed by atoms with van der Waals surface area (Å²) < 4.78 is 0.849. The largest absolute Gasteiger partial charge is 0.481 e. The number of carboxylic acids is 1. The number of rotatable bonds is 3. The first kappa shape index (κ1) is 14.5. The molecule has 3 heterocycles. The van der Waals surface area contributed by atoms with E-state index in [-0.39, 0.29) is 30.3 Å². The molecule has 0 aromatic carbocycles. The van der Waals surface area contributed by atoms with Crippen LogP contribution in [0.2, 0.25) is 0 Å². The van der Waals surface area contributed by atoms with Crippen molar-refractivity contribution in [1.82, 2.24) is 9.88 Å². The minimum Gasteiger partial charge on any atom is -0.481 e. The van der Waals surface area contributed by atoms with Crippen molar-refractivity contribution < 1.29 is 14.7 Å². The molecule has 0 spiro atoms. The standard InChI is InChI=1S/C15H17BrN2O3/c16-10-1-4-13(17-8-10)15(21)18-11-2-3-12(18)6-9(5-11)7-14(19)20/h1,4,8-9,11-12H,2-3,5-7H2,(H,19,20). The lowest BCUT2D eigenvalue weighted by molar-refractivity contribution is -0.138. The normalized spacial score (nSPS) is 27.7. The third-order valence-electron chi connectivity index (χ3n) is 4.48. The van der Waals surface area contributed by atoms with Gasteiger partial charge in [0.05, 0.1) is 0 Å². The number of piperidine rings is 1. The first-order valence-electron chi connectivity index (χ1n) is 7.20. The maximum absolute atomic E-state index is 12.6. The van der Waals surface area contributed by atoms with E-state index >= 15 is 0 Å². The lowest BCUT2D eigenvalue weighted by atomic mass is 9.88. The van der Waals surface area contributed by atoms with E-state index < -0.39 is 5.97 Å². The molecule has 2 fully saturated rings. The van der Waals surface area contributed by atoms with E-state index in [1.165, 1.54) is 0 Å². The second-order valence-corrected chi connectivity index (χ2v) is 6.81. The highest BCUT2D eigenvalue weighted by molar-refractivity contribution is 9.10. The number of carboxylic acid groups (broad SMARTS) is 1. The van der Waals surface area contributed by atoms with Gasteiger partial charge >= 0.3 is 5.97 Å². The van der Waals surface area contributed by atoms with Crippen LogP contribution in [0.25, 0.3) is 0 Å². The van der Waals surface area contributed by atoms with Gasteiger partial charge in [0, 0.05) is 29.2 Å². The fraction of sp³-hybridized carbons (Fsp3) is 0.533. The molecule has 2 unspecified atom stereocenters. The minimum absolute atomic E-state index is 0.0243. The van der Waals surface area contributed by atoms with E-state index in [2.05, 4.69) is 20.9 Å². The lowest BCUT2D eigenvalue weighted by Crippen LogP contribution is -2.47. The zero-order chi connectivity index (χ0) is 15.0. The maximum atomic E-state index is 12.6. The molecule has 2 saturated heterocycles. The van der Waals surface area contributed by atoms with Crippen molar-refractivity contribution in [1.29, 1.82) is 0 Å². The van der Waals surface area contributed by atoms with E-state index in [1.54, 1.807) is 12.3 Å². The van der Waals surface area contributed by atoms with E-state index in [1.807, 2.05) is 11.0 Å². The molecule has 2 bridgehead atoms. The fourth-order valence-corrected chi connectivity index (χ4v) is 3.90. The molecule has 0 radical (unpaired) electrons. The number of amides is 1. The average Bonchev–Trinajstić information content (AvgIpc) is 2.70. The number of fused-ring (bicyclic) bond motifs is 2. The number of aliphatic carboxylic acids is 1. The van der Waals surface area contributed by atoms with Crippen LogP contribution >= 0.6 is 15.9 Å². The second-order valence-electron chi connectivity index (χ2n) is 5.89. The van der Waals surface area contributed by atoms with Crippen LogP contribution in [0.4, 0.5) is 0 Å². The Hall–Kier alpha value is -1.43. The Morgan fingerprint density at radius 3 is 2.48 bits per heavy atom. The molecule has 6 heteroatoms. The fourth-order valence-electron chi connectivity index (χ4n) is 3.67. The molecule has 0 saturated carbocycles. The third kappa shape index (κ3) is 2.95. The van der Waals surface area contributed by atoms with Gasteiger partial charge < -0.3 is 10.0 Å². The number of hydrogen-bond donors (Lipinski definition) is 1. The zero-order valence-corrected chi connectivity index (χ0v) is 13.1. The van der Waals surface area contributed by atoms with E-state index in [9.17, 15) is 9.59 Å². The van der Waals surface area contributed by atoms with Crippen LogP contribution in [0.5, 0.6) is 0 Å². The number of carbonyl (C=O) groups excluding carboxylic acids is 1. The van der Waals surface area contributed by atoms with Gasteiger partial charge in [-0.3, -0.25) is 9.59 Å². The van der Waals surface area contributed by atoms with Gasteiger partial charge in [0.2, 0.25) is 0 Å².